The van der Waals surface area contributed by atoms with Gasteiger partial charge in [-0.1, -0.05) is 6.07 Å². The van der Waals surface area contributed by atoms with Crippen molar-refractivity contribution in [3.05, 3.63) is 28.8 Å². The second-order valence-electron chi connectivity index (χ2n) is 5.65. The number of Topliss-reactive ketones (excluding diaryl/α,β-unsaturated/α-hetero) is 1. The second kappa shape index (κ2) is 5.51. The van der Waals surface area contributed by atoms with Crippen molar-refractivity contribution >= 4 is 5.78 Å². The maximum atomic E-state index is 13.2. The number of carbonyl (C=O) groups is 1. The highest BCUT2D eigenvalue weighted by Gasteiger charge is 2.38. The summed E-state index contributed by atoms with van der Waals surface area (Å²) in [7, 11) is 1.53. The van der Waals surface area contributed by atoms with E-state index in [0.717, 1.165) is 11.1 Å². The van der Waals surface area contributed by atoms with Crippen LogP contribution in [-0.4, -0.2) is 18.8 Å². The maximum Gasteiger partial charge on any atom is 0.248 e. The molecule has 0 atom stereocenters. The molecule has 0 unspecified atom stereocenters. The van der Waals surface area contributed by atoms with Gasteiger partial charge in [-0.15, -0.1) is 0 Å². The molecule has 0 saturated heterocycles. The molecule has 2 rings (SSSR count). The number of carbonyl (C=O) groups excluding carboxylic acids is 1. The Hall–Kier alpha value is -1.45. The summed E-state index contributed by atoms with van der Waals surface area (Å²) in [6.45, 7) is 3.80. The Kier molecular flexibility index (Phi) is 4.11. The Bertz CT molecular complexity index is 513. The summed E-state index contributed by atoms with van der Waals surface area (Å²) in [6, 6.07) is 3.74. The number of halogens is 2. The molecule has 0 heterocycles. The lowest BCUT2D eigenvalue weighted by molar-refractivity contribution is -0.0424. The number of hydrogen-bond donors (Lipinski definition) is 0. The minimum atomic E-state index is -2.61. The third-order valence-corrected chi connectivity index (χ3v) is 4.00. The standard InChI is InChI=1S/C16H20F2O2/c1-10-8-11(2)14(13(9-10)20-3)15(19)12-4-6-16(17,18)7-5-12/h8-9,12H,4-7H2,1-3H3. The zero-order chi connectivity index (χ0) is 14.9. The van der Waals surface area contributed by atoms with E-state index >= 15 is 0 Å². The first kappa shape index (κ1) is 14.9. The normalized spacial score (nSPS) is 18.9. The number of rotatable bonds is 3. The van der Waals surface area contributed by atoms with Crippen molar-refractivity contribution in [1.29, 1.82) is 0 Å². The molecule has 1 aromatic rings. The van der Waals surface area contributed by atoms with Crippen LogP contribution in [0, 0.1) is 19.8 Å². The smallest absolute Gasteiger partial charge is 0.248 e. The molecular formula is C16H20F2O2. The van der Waals surface area contributed by atoms with Crippen LogP contribution in [0.2, 0.25) is 0 Å². The van der Waals surface area contributed by atoms with Crippen LogP contribution in [0.4, 0.5) is 8.78 Å². The van der Waals surface area contributed by atoms with Gasteiger partial charge >= 0.3 is 0 Å². The van der Waals surface area contributed by atoms with Crippen LogP contribution in [-0.2, 0) is 0 Å². The Morgan fingerprint density at radius 2 is 1.85 bits per heavy atom. The fraction of sp³-hybridized carbons (Fsp3) is 0.562. The van der Waals surface area contributed by atoms with Crippen LogP contribution in [0.5, 0.6) is 5.75 Å². The lowest BCUT2D eigenvalue weighted by atomic mass is 9.81. The summed E-state index contributed by atoms with van der Waals surface area (Å²) >= 11 is 0. The highest BCUT2D eigenvalue weighted by Crippen LogP contribution is 2.39. The zero-order valence-electron chi connectivity index (χ0n) is 12.1. The fourth-order valence-electron chi connectivity index (χ4n) is 2.91. The van der Waals surface area contributed by atoms with Crippen LogP contribution >= 0.6 is 0 Å². The van der Waals surface area contributed by atoms with E-state index in [1.54, 1.807) is 0 Å². The number of ether oxygens (including phenoxy) is 1. The van der Waals surface area contributed by atoms with Crippen LogP contribution < -0.4 is 4.74 Å². The van der Waals surface area contributed by atoms with Crippen LogP contribution in [0.1, 0.15) is 47.2 Å². The lowest BCUT2D eigenvalue weighted by Crippen LogP contribution is -2.29. The quantitative estimate of drug-likeness (QED) is 0.772. The van der Waals surface area contributed by atoms with Gasteiger partial charge in [0.05, 0.1) is 12.7 Å². The van der Waals surface area contributed by atoms with E-state index in [-0.39, 0.29) is 37.4 Å². The fourth-order valence-corrected chi connectivity index (χ4v) is 2.91. The molecule has 20 heavy (non-hydrogen) atoms. The van der Waals surface area contributed by atoms with Crippen molar-refractivity contribution in [2.45, 2.75) is 45.5 Å². The highest BCUT2D eigenvalue weighted by molar-refractivity contribution is 6.01. The van der Waals surface area contributed by atoms with Crippen molar-refractivity contribution in [3.63, 3.8) is 0 Å². The van der Waals surface area contributed by atoms with E-state index < -0.39 is 5.92 Å². The largest absolute Gasteiger partial charge is 0.496 e. The second-order valence-corrected chi connectivity index (χ2v) is 5.65. The molecule has 1 fully saturated rings. The first-order valence-corrected chi connectivity index (χ1v) is 6.91. The lowest BCUT2D eigenvalue weighted by Gasteiger charge is -2.28. The van der Waals surface area contributed by atoms with Crippen LogP contribution in [0.25, 0.3) is 0 Å². The number of ketones is 1. The zero-order valence-corrected chi connectivity index (χ0v) is 12.1. The van der Waals surface area contributed by atoms with Gasteiger partial charge in [-0.3, -0.25) is 4.79 Å². The molecule has 2 nitrogen and oxygen atoms in total. The van der Waals surface area contributed by atoms with Gasteiger partial charge in [0.25, 0.3) is 0 Å². The molecule has 110 valence electrons. The highest BCUT2D eigenvalue weighted by atomic mass is 19.3. The molecule has 1 aromatic carbocycles. The summed E-state index contributed by atoms with van der Waals surface area (Å²) in [5.74, 6) is -2.44. The number of methoxy groups -OCH3 is 1. The van der Waals surface area contributed by atoms with Crippen molar-refractivity contribution in [1.82, 2.24) is 0 Å². The third kappa shape index (κ3) is 3.00. The molecule has 1 saturated carbocycles. The van der Waals surface area contributed by atoms with Crippen molar-refractivity contribution in [3.8, 4) is 5.75 Å². The van der Waals surface area contributed by atoms with Gasteiger partial charge in [0.1, 0.15) is 5.75 Å². The Morgan fingerprint density at radius 1 is 1.25 bits per heavy atom. The number of hydrogen-bond acceptors (Lipinski definition) is 2. The summed E-state index contributed by atoms with van der Waals surface area (Å²) < 4.78 is 31.7. The van der Waals surface area contributed by atoms with Gasteiger partial charge in [0.15, 0.2) is 5.78 Å². The van der Waals surface area contributed by atoms with Crippen molar-refractivity contribution in [2.24, 2.45) is 5.92 Å². The molecule has 0 amide bonds. The molecule has 0 spiro atoms. The Morgan fingerprint density at radius 3 is 2.40 bits per heavy atom. The van der Waals surface area contributed by atoms with Crippen LogP contribution in [0.15, 0.2) is 12.1 Å². The SMILES string of the molecule is COc1cc(C)cc(C)c1C(=O)C1CCC(F)(F)CC1. The predicted molar refractivity (Wildman–Crippen MR) is 73.7 cm³/mol. The van der Waals surface area contributed by atoms with Gasteiger partial charge in [0.2, 0.25) is 5.92 Å². The molecule has 4 heteroatoms. The summed E-state index contributed by atoms with van der Waals surface area (Å²) in [6.07, 6.45) is 0.109. The number of aryl methyl sites for hydroxylation is 2. The van der Waals surface area contributed by atoms with E-state index in [9.17, 15) is 13.6 Å². The molecule has 1 aliphatic rings. The first-order chi connectivity index (χ1) is 9.34. The number of benzene rings is 1. The average molecular weight is 282 g/mol. The number of alkyl halides is 2. The maximum absolute atomic E-state index is 13.2. The third-order valence-electron chi connectivity index (χ3n) is 4.00. The topological polar surface area (TPSA) is 26.3 Å². The van der Waals surface area contributed by atoms with Crippen molar-refractivity contribution < 1.29 is 18.3 Å². The van der Waals surface area contributed by atoms with E-state index in [2.05, 4.69) is 0 Å². The summed E-state index contributed by atoms with van der Waals surface area (Å²) in [5.41, 5.74) is 2.42. The van der Waals surface area contributed by atoms with Gasteiger partial charge in [-0.05, 0) is 43.9 Å². The molecule has 0 aromatic heterocycles. The molecule has 0 bridgehead atoms. The van der Waals surface area contributed by atoms with Gasteiger partial charge in [0, 0.05) is 18.8 Å². The van der Waals surface area contributed by atoms with E-state index in [1.807, 2.05) is 26.0 Å². The van der Waals surface area contributed by atoms with E-state index in [1.165, 1.54) is 7.11 Å². The minimum Gasteiger partial charge on any atom is -0.496 e. The van der Waals surface area contributed by atoms with Crippen LogP contribution in [0.3, 0.4) is 0 Å². The average Bonchev–Trinajstić information content (AvgIpc) is 2.37. The van der Waals surface area contributed by atoms with Gasteiger partial charge in [-0.25, -0.2) is 8.78 Å². The van der Waals surface area contributed by atoms with Gasteiger partial charge in [-0.2, -0.15) is 0 Å². The summed E-state index contributed by atoms with van der Waals surface area (Å²) in [5, 5.41) is 0. The Balaban J connectivity index is 2.26. The molecule has 1 aliphatic carbocycles. The Labute approximate surface area is 118 Å². The molecule has 0 radical (unpaired) electrons. The van der Waals surface area contributed by atoms with E-state index in [4.69, 9.17) is 4.74 Å². The molecular weight excluding hydrogens is 262 g/mol. The first-order valence-electron chi connectivity index (χ1n) is 6.91. The minimum absolute atomic E-state index is 0.0603. The predicted octanol–water partition coefficient (Wildman–Crippen LogP) is 4.32. The molecule has 0 N–H and O–H groups in total. The van der Waals surface area contributed by atoms with E-state index in [0.29, 0.717) is 11.3 Å². The molecule has 0 aliphatic heterocycles. The monoisotopic (exact) mass is 282 g/mol. The van der Waals surface area contributed by atoms with Gasteiger partial charge < -0.3 is 4.74 Å². The van der Waals surface area contributed by atoms with Crippen molar-refractivity contribution in [2.75, 3.05) is 7.11 Å². The summed E-state index contributed by atoms with van der Waals surface area (Å²) in [4.78, 5) is 12.6.